The highest BCUT2D eigenvalue weighted by molar-refractivity contribution is 5.92. The van der Waals surface area contributed by atoms with Crippen LogP contribution in [0.4, 0.5) is 0 Å². The molecule has 0 aromatic rings. The molecule has 0 aromatic heterocycles. The summed E-state index contributed by atoms with van der Waals surface area (Å²) in [5.74, 6) is -0.792. The van der Waals surface area contributed by atoms with E-state index in [1.54, 1.807) is 0 Å². The standard InChI is InChI=1S/C17H32N4O3/c1-11(2)10-14(15(19)22)21-17(24)13(8-5-9-18)20-16(23)12-6-3-4-7-12/h11-14H,3-10,18H2,1-2H3,(H2,19,22)(H,20,23)(H,21,24)/t13-,14-/m0/s1. The van der Waals surface area contributed by atoms with E-state index in [2.05, 4.69) is 10.6 Å². The highest BCUT2D eigenvalue weighted by Crippen LogP contribution is 2.24. The van der Waals surface area contributed by atoms with Crippen molar-refractivity contribution in [2.24, 2.45) is 23.3 Å². The van der Waals surface area contributed by atoms with E-state index in [9.17, 15) is 14.4 Å². The van der Waals surface area contributed by atoms with Crippen molar-refractivity contribution in [3.05, 3.63) is 0 Å². The van der Waals surface area contributed by atoms with Crippen LogP contribution in [0.15, 0.2) is 0 Å². The number of primary amides is 1. The molecule has 0 saturated heterocycles. The lowest BCUT2D eigenvalue weighted by molar-refractivity contribution is -0.133. The molecule has 138 valence electrons. The average molecular weight is 340 g/mol. The third-order valence-electron chi connectivity index (χ3n) is 4.42. The van der Waals surface area contributed by atoms with Gasteiger partial charge < -0.3 is 22.1 Å². The summed E-state index contributed by atoms with van der Waals surface area (Å²) in [5.41, 5.74) is 10.9. The zero-order chi connectivity index (χ0) is 18.1. The number of hydrogen-bond donors (Lipinski definition) is 4. The molecule has 7 heteroatoms. The minimum atomic E-state index is -0.721. The summed E-state index contributed by atoms with van der Waals surface area (Å²) < 4.78 is 0. The zero-order valence-electron chi connectivity index (χ0n) is 14.8. The quantitative estimate of drug-likeness (QED) is 0.459. The number of rotatable bonds is 10. The Bertz CT molecular complexity index is 434. The van der Waals surface area contributed by atoms with Gasteiger partial charge >= 0.3 is 0 Å². The maximum Gasteiger partial charge on any atom is 0.243 e. The van der Waals surface area contributed by atoms with E-state index >= 15 is 0 Å². The van der Waals surface area contributed by atoms with Gasteiger partial charge in [-0.25, -0.2) is 0 Å². The molecule has 24 heavy (non-hydrogen) atoms. The smallest absolute Gasteiger partial charge is 0.243 e. The van der Waals surface area contributed by atoms with Crippen LogP contribution in [0.2, 0.25) is 0 Å². The van der Waals surface area contributed by atoms with Crippen LogP contribution in [0, 0.1) is 11.8 Å². The van der Waals surface area contributed by atoms with Gasteiger partial charge in [-0.05, 0) is 44.6 Å². The Morgan fingerprint density at radius 2 is 1.71 bits per heavy atom. The minimum absolute atomic E-state index is 0.0132. The molecule has 3 amide bonds. The topological polar surface area (TPSA) is 127 Å². The van der Waals surface area contributed by atoms with Crippen molar-refractivity contribution in [3.8, 4) is 0 Å². The van der Waals surface area contributed by atoms with E-state index in [0.29, 0.717) is 25.8 Å². The molecule has 1 aliphatic rings. The zero-order valence-corrected chi connectivity index (χ0v) is 14.8. The van der Waals surface area contributed by atoms with E-state index in [0.717, 1.165) is 25.7 Å². The van der Waals surface area contributed by atoms with Gasteiger partial charge in [0, 0.05) is 5.92 Å². The monoisotopic (exact) mass is 340 g/mol. The van der Waals surface area contributed by atoms with E-state index in [1.807, 2.05) is 13.8 Å². The number of amides is 3. The predicted molar refractivity (Wildman–Crippen MR) is 92.8 cm³/mol. The van der Waals surface area contributed by atoms with Crippen molar-refractivity contribution in [1.82, 2.24) is 10.6 Å². The highest BCUT2D eigenvalue weighted by Gasteiger charge is 2.29. The first-order valence-electron chi connectivity index (χ1n) is 8.95. The van der Waals surface area contributed by atoms with Gasteiger partial charge in [0.2, 0.25) is 17.7 Å². The SMILES string of the molecule is CC(C)C[C@H](NC(=O)[C@H](CCCN)NC(=O)C1CCCC1)C(N)=O. The Balaban J connectivity index is 2.68. The van der Waals surface area contributed by atoms with Crippen LogP contribution in [-0.2, 0) is 14.4 Å². The lowest BCUT2D eigenvalue weighted by Crippen LogP contribution is -2.54. The van der Waals surface area contributed by atoms with Crippen molar-refractivity contribution in [1.29, 1.82) is 0 Å². The summed E-state index contributed by atoms with van der Waals surface area (Å²) >= 11 is 0. The number of nitrogens with two attached hydrogens (primary N) is 2. The first-order chi connectivity index (χ1) is 11.3. The number of nitrogens with one attached hydrogen (secondary N) is 2. The van der Waals surface area contributed by atoms with Crippen molar-refractivity contribution in [2.45, 2.75) is 70.9 Å². The lowest BCUT2D eigenvalue weighted by atomic mass is 10.0. The summed E-state index contributed by atoms with van der Waals surface area (Å²) in [5, 5.41) is 5.52. The fourth-order valence-corrected chi connectivity index (χ4v) is 3.06. The van der Waals surface area contributed by atoms with Gasteiger partial charge in [0.05, 0.1) is 0 Å². The van der Waals surface area contributed by atoms with Crippen LogP contribution in [0.25, 0.3) is 0 Å². The van der Waals surface area contributed by atoms with Crippen molar-refractivity contribution < 1.29 is 14.4 Å². The van der Waals surface area contributed by atoms with Crippen LogP contribution in [0.5, 0.6) is 0 Å². The Hall–Kier alpha value is -1.63. The molecule has 1 fully saturated rings. The fourth-order valence-electron chi connectivity index (χ4n) is 3.06. The molecular weight excluding hydrogens is 308 g/mol. The van der Waals surface area contributed by atoms with E-state index in [1.165, 1.54) is 0 Å². The summed E-state index contributed by atoms with van der Waals surface area (Å²) in [6.07, 6.45) is 5.39. The maximum absolute atomic E-state index is 12.5. The van der Waals surface area contributed by atoms with Gasteiger partial charge in [0.15, 0.2) is 0 Å². The molecule has 0 bridgehead atoms. The second-order valence-electron chi connectivity index (χ2n) is 7.07. The maximum atomic E-state index is 12.5. The highest BCUT2D eigenvalue weighted by atomic mass is 16.2. The normalized spacial score (nSPS) is 17.5. The van der Waals surface area contributed by atoms with Crippen molar-refractivity contribution >= 4 is 17.7 Å². The molecule has 2 atom stereocenters. The van der Waals surface area contributed by atoms with E-state index < -0.39 is 18.0 Å². The first kappa shape index (κ1) is 20.4. The second-order valence-corrected chi connectivity index (χ2v) is 7.07. The summed E-state index contributed by atoms with van der Waals surface area (Å²) in [6.45, 7) is 4.35. The largest absolute Gasteiger partial charge is 0.368 e. The van der Waals surface area contributed by atoms with E-state index in [4.69, 9.17) is 11.5 Å². The fraction of sp³-hybridized carbons (Fsp3) is 0.824. The van der Waals surface area contributed by atoms with Gasteiger partial charge in [-0.1, -0.05) is 26.7 Å². The van der Waals surface area contributed by atoms with Crippen molar-refractivity contribution in [2.75, 3.05) is 6.54 Å². The molecule has 0 aliphatic heterocycles. The third-order valence-corrected chi connectivity index (χ3v) is 4.42. The van der Waals surface area contributed by atoms with Gasteiger partial charge in [-0.15, -0.1) is 0 Å². The molecule has 0 unspecified atom stereocenters. The van der Waals surface area contributed by atoms with Gasteiger partial charge in [0.25, 0.3) is 0 Å². The lowest BCUT2D eigenvalue weighted by Gasteiger charge is -2.24. The average Bonchev–Trinajstić information content (AvgIpc) is 3.04. The van der Waals surface area contributed by atoms with Crippen LogP contribution >= 0.6 is 0 Å². The van der Waals surface area contributed by atoms with Gasteiger partial charge in [-0.2, -0.15) is 0 Å². The van der Waals surface area contributed by atoms with Crippen molar-refractivity contribution in [3.63, 3.8) is 0 Å². The molecule has 0 spiro atoms. The summed E-state index contributed by atoms with van der Waals surface area (Å²) in [7, 11) is 0. The Morgan fingerprint density at radius 1 is 1.08 bits per heavy atom. The molecule has 0 radical (unpaired) electrons. The molecule has 7 nitrogen and oxygen atoms in total. The molecule has 0 heterocycles. The Morgan fingerprint density at radius 3 is 2.21 bits per heavy atom. The third kappa shape index (κ3) is 6.86. The molecule has 1 saturated carbocycles. The molecule has 6 N–H and O–H groups in total. The molecular formula is C17H32N4O3. The number of hydrogen-bond acceptors (Lipinski definition) is 4. The minimum Gasteiger partial charge on any atom is -0.368 e. The van der Waals surface area contributed by atoms with Crippen LogP contribution < -0.4 is 22.1 Å². The van der Waals surface area contributed by atoms with E-state index in [-0.39, 0.29) is 23.7 Å². The van der Waals surface area contributed by atoms with Gasteiger partial charge in [-0.3, -0.25) is 14.4 Å². The van der Waals surface area contributed by atoms with Crippen LogP contribution in [0.3, 0.4) is 0 Å². The second kappa shape index (κ2) is 10.3. The molecule has 1 aliphatic carbocycles. The summed E-state index contributed by atoms with van der Waals surface area (Å²) in [6, 6.07) is -1.39. The predicted octanol–water partition coefficient (Wildman–Crippen LogP) is 0.417. The first-order valence-corrected chi connectivity index (χ1v) is 8.95. The van der Waals surface area contributed by atoms with Crippen LogP contribution in [-0.4, -0.2) is 36.3 Å². The molecule has 0 aromatic carbocycles. The summed E-state index contributed by atoms with van der Waals surface area (Å²) in [4.78, 5) is 36.4. The number of carbonyl (C=O) groups is 3. The van der Waals surface area contributed by atoms with Gasteiger partial charge in [0.1, 0.15) is 12.1 Å². The van der Waals surface area contributed by atoms with Crippen LogP contribution in [0.1, 0.15) is 58.8 Å². The number of carbonyl (C=O) groups excluding carboxylic acids is 3. The Kier molecular flexibility index (Phi) is 8.74. The molecule has 1 rings (SSSR count). The Labute approximate surface area is 144 Å².